The average molecular weight is 431 g/mol. The summed E-state index contributed by atoms with van der Waals surface area (Å²) in [5.41, 5.74) is 0. The third-order valence-electron chi connectivity index (χ3n) is 4.07. The molecule has 0 saturated carbocycles. The Balaban J connectivity index is -0.000000283. The minimum Gasteiger partial charge on any atom is -0.481 e. The Bertz CT molecular complexity index is 326. The maximum Gasteiger partial charge on any atom is 0.303 e. The number of carboxylic acids is 1. The fraction of sp³-hybridized carbons (Fsp3) is 0.720. The lowest BCUT2D eigenvalue weighted by molar-refractivity contribution is -0.137. The summed E-state index contributed by atoms with van der Waals surface area (Å²) in [6, 6.07) is 0. The average Bonchev–Trinajstić information content (AvgIpc) is 2.78. The molecule has 0 bridgehead atoms. The van der Waals surface area contributed by atoms with Crippen molar-refractivity contribution in [2.24, 2.45) is 0 Å². The first kappa shape index (κ1) is 36.0. The van der Waals surface area contributed by atoms with Crippen molar-refractivity contribution >= 4 is 5.97 Å². The van der Waals surface area contributed by atoms with Crippen LogP contribution < -0.4 is 0 Å². The Morgan fingerprint density at radius 3 is 1.43 bits per heavy atom. The van der Waals surface area contributed by atoms with Crippen LogP contribution in [0.3, 0.4) is 0 Å². The van der Waals surface area contributed by atoms with Gasteiger partial charge in [0.1, 0.15) is 6.10 Å². The number of hydrogen-bond acceptors (Lipinski definition) is 4. The molecule has 0 spiro atoms. The molecule has 180 valence electrons. The van der Waals surface area contributed by atoms with E-state index in [1.807, 2.05) is 0 Å². The van der Waals surface area contributed by atoms with E-state index in [2.05, 4.69) is 45.4 Å². The molecule has 0 atom stereocenters. The molecule has 0 aromatic heterocycles. The summed E-state index contributed by atoms with van der Waals surface area (Å²) < 4.78 is 0. The minimum absolute atomic E-state index is 0.332. The lowest BCUT2D eigenvalue weighted by Gasteiger charge is -1.99. The molecule has 0 amide bonds. The lowest BCUT2D eigenvalue weighted by Crippen LogP contribution is -2.15. The van der Waals surface area contributed by atoms with E-state index < -0.39 is 12.1 Å². The normalized spacial score (nSPS) is 9.77. The first-order valence-electron chi connectivity index (χ1n) is 11.3. The number of allylic oxidation sites excluding steroid dienone is 2. The predicted molar refractivity (Wildman–Crippen MR) is 130 cm³/mol. The molecule has 4 N–H and O–H groups in total. The second-order valence-corrected chi connectivity index (χ2v) is 6.75. The summed E-state index contributed by atoms with van der Waals surface area (Å²) in [5, 5.41) is 32.5. The fourth-order valence-corrected chi connectivity index (χ4v) is 2.40. The Labute approximate surface area is 186 Å². The Morgan fingerprint density at radius 2 is 1.10 bits per heavy atom. The number of carboxylic acid groups (broad SMARTS) is 1. The van der Waals surface area contributed by atoms with Crippen LogP contribution in [0.15, 0.2) is 38.5 Å². The van der Waals surface area contributed by atoms with Crippen LogP contribution in [0, 0.1) is 0 Å². The summed E-state index contributed by atoms with van der Waals surface area (Å²) in [7, 11) is 0. The summed E-state index contributed by atoms with van der Waals surface area (Å²) in [6.45, 7) is 13.5. The molecule has 0 aromatic carbocycles. The first-order valence-corrected chi connectivity index (χ1v) is 11.3. The highest BCUT2D eigenvalue weighted by Gasteiger charge is 1.96. The minimum atomic E-state index is -0.954. The quantitative estimate of drug-likeness (QED) is 0.166. The van der Waals surface area contributed by atoms with Gasteiger partial charge in [-0.1, -0.05) is 70.4 Å². The maximum atomic E-state index is 10.3. The molecular formula is C25H50O5. The van der Waals surface area contributed by atoms with Gasteiger partial charge < -0.3 is 20.4 Å². The second-order valence-electron chi connectivity index (χ2n) is 6.75. The van der Waals surface area contributed by atoms with Crippen molar-refractivity contribution in [2.45, 2.75) is 103 Å². The SMILES string of the molecule is C=C.C=C.CCCCCCCCC=CCCCCCCCC(=O)O.OCC(O)CO. The van der Waals surface area contributed by atoms with Crippen molar-refractivity contribution in [1.82, 2.24) is 0 Å². The largest absolute Gasteiger partial charge is 0.481 e. The van der Waals surface area contributed by atoms with Crippen molar-refractivity contribution < 1.29 is 25.2 Å². The topological polar surface area (TPSA) is 98.0 Å². The standard InChI is InChI=1S/C18H34O2.C3H8O3.2C2H4/c1-2-3-4-5-6-7-8-9-10-11-12-13-14-15-16-17-18(19)20;4-1-3(6)2-5;2*1-2/h9-10H,2-8,11-17H2,1H3,(H,19,20);3-6H,1-2H2;2*1-2H2. The van der Waals surface area contributed by atoms with Crippen LogP contribution >= 0.6 is 0 Å². The fourth-order valence-electron chi connectivity index (χ4n) is 2.40. The first-order chi connectivity index (χ1) is 14.6. The lowest BCUT2D eigenvalue weighted by atomic mass is 10.1. The number of aliphatic hydroxyl groups excluding tert-OH is 3. The molecule has 0 saturated heterocycles. The van der Waals surface area contributed by atoms with E-state index in [-0.39, 0.29) is 13.2 Å². The van der Waals surface area contributed by atoms with Crippen LogP contribution in [0.4, 0.5) is 0 Å². The molecule has 0 aliphatic carbocycles. The Hall–Kier alpha value is -1.43. The molecule has 5 heteroatoms. The maximum absolute atomic E-state index is 10.3. The van der Waals surface area contributed by atoms with Crippen LogP contribution in [0.25, 0.3) is 0 Å². The van der Waals surface area contributed by atoms with Gasteiger partial charge in [0.05, 0.1) is 13.2 Å². The summed E-state index contributed by atoms with van der Waals surface area (Å²) >= 11 is 0. The zero-order valence-electron chi connectivity index (χ0n) is 19.6. The molecule has 30 heavy (non-hydrogen) atoms. The van der Waals surface area contributed by atoms with Crippen LogP contribution in [0.5, 0.6) is 0 Å². The number of aliphatic hydroxyl groups is 3. The zero-order chi connectivity index (χ0) is 23.9. The van der Waals surface area contributed by atoms with Crippen LogP contribution in [-0.4, -0.2) is 45.7 Å². The molecule has 0 aliphatic rings. The smallest absolute Gasteiger partial charge is 0.303 e. The highest BCUT2D eigenvalue weighted by atomic mass is 16.4. The van der Waals surface area contributed by atoms with E-state index in [4.69, 9.17) is 20.4 Å². The van der Waals surface area contributed by atoms with Gasteiger partial charge in [0.25, 0.3) is 0 Å². The number of aliphatic carboxylic acids is 1. The van der Waals surface area contributed by atoms with Gasteiger partial charge in [0.15, 0.2) is 0 Å². The third-order valence-corrected chi connectivity index (χ3v) is 4.07. The van der Waals surface area contributed by atoms with Gasteiger partial charge in [0.2, 0.25) is 0 Å². The van der Waals surface area contributed by atoms with Crippen molar-refractivity contribution in [2.75, 3.05) is 13.2 Å². The summed E-state index contributed by atoms with van der Waals surface area (Å²) in [5.74, 6) is -0.664. The van der Waals surface area contributed by atoms with E-state index in [1.165, 1.54) is 70.6 Å². The van der Waals surface area contributed by atoms with E-state index >= 15 is 0 Å². The molecule has 0 aromatic rings. The molecule has 0 heterocycles. The van der Waals surface area contributed by atoms with Crippen molar-refractivity contribution in [3.63, 3.8) is 0 Å². The number of carbonyl (C=O) groups is 1. The molecule has 0 rings (SSSR count). The highest BCUT2D eigenvalue weighted by molar-refractivity contribution is 5.66. The van der Waals surface area contributed by atoms with Gasteiger partial charge >= 0.3 is 5.97 Å². The van der Waals surface area contributed by atoms with E-state index in [1.54, 1.807) is 0 Å². The van der Waals surface area contributed by atoms with Gasteiger partial charge in [0, 0.05) is 6.42 Å². The molecule has 0 unspecified atom stereocenters. The van der Waals surface area contributed by atoms with Crippen molar-refractivity contribution in [3.05, 3.63) is 38.5 Å². The van der Waals surface area contributed by atoms with E-state index in [0.717, 1.165) is 12.8 Å². The summed E-state index contributed by atoms with van der Waals surface area (Å²) in [6.07, 6.45) is 20.3. The van der Waals surface area contributed by atoms with Crippen LogP contribution in [0.1, 0.15) is 96.8 Å². The predicted octanol–water partition coefficient (Wildman–Crippen LogP) is 6.04. The number of unbranched alkanes of at least 4 members (excludes halogenated alkanes) is 11. The van der Waals surface area contributed by atoms with Gasteiger partial charge in [-0.05, 0) is 32.1 Å². The summed E-state index contributed by atoms with van der Waals surface area (Å²) in [4.78, 5) is 10.3. The Kier molecular flexibility index (Phi) is 45.8. The number of hydrogen-bond donors (Lipinski definition) is 4. The molecule has 5 nitrogen and oxygen atoms in total. The molecular weight excluding hydrogens is 380 g/mol. The molecule has 0 radical (unpaired) electrons. The molecule has 0 fully saturated rings. The van der Waals surface area contributed by atoms with E-state index in [9.17, 15) is 4.79 Å². The third kappa shape index (κ3) is 45.4. The van der Waals surface area contributed by atoms with Crippen LogP contribution in [-0.2, 0) is 4.79 Å². The van der Waals surface area contributed by atoms with Gasteiger partial charge in [-0.2, -0.15) is 0 Å². The van der Waals surface area contributed by atoms with E-state index in [0.29, 0.717) is 6.42 Å². The van der Waals surface area contributed by atoms with Gasteiger partial charge in [-0.15, -0.1) is 26.3 Å². The van der Waals surface area contributed by atoms with Crippen LogP contribution in [0.2, 0.25) is 0 Å². The van der Waals surface area contributed by atoms with Gasteiger partial charge in [-0.3, -0.25) is 4.79 Å². The van der Waals surface area contributed by atoms with Crippen molar-refractivity contribution in [1.29, 1.82) is 0 Å². The second kappa shape index (κ2) is 38.2. The number of rotatable bonds is 17. The highest BCUT2D eigenvalue weighted by Crippen LogP contribution is 2.09. The Morgan fingerprint density at radius 1 is 0.733 bits per heavy atom. The van der Waals surface area contributed by atoms with Gasteiger partial charge in [-0.25, -0.2) is 0 Å². The van der Waals surface area contributed by atoms with Crippen molar-refractivity contribution in [3.8, 4) is 0 Å². The monoisotopic (exact) mass is 430 g/mol. The molecule has 0 aliphatic heterocycles. The zero-order valence-corrected chi connectivity index (χ0v) is 19.6.